The van der Waals surface area contributed by atoms with Crippen molar-refractivity contribution in [3.63, 3.8) is 0 Å². The van der Waals surface area contributed by atoms with Crippen LogP contribution in [0.3, 0.4) is 0 Å². The molecule has 6 aromatic carbocycles. The van der Waals surface area contributed by atoms with Crippen LogP contribution in [0, 0.1) is 5.41 Å². The molecular formula is C54H42N2. The molecule has 2 aliphatic carbocycles. The number of para-hydroxylation sites is 2. The van der Waals surface area contributed by atoms with Gasteiger partial charge in [0.15, 0.2) is 0 Å². The fraction of sp³-hybridized carbons (Fsp3) is 0.148. The Labute approximate surface area is 328 Å². The number of hydrogen-bond donors (Lipinski definition) is 0. The Bertz CT molecular complexity index is 2940. The summed E-state index contributed by atoms with van der Waals surface area (Å²) in [5, 5.41) is 2.56. The van der Waals surface area contributed by atoms with Crippen LogP contribution in [0.25, 0.3) is 38.6 Å². The van der Waals surface area contributed by atoms with Gasteiger partial charge in [-0.1, -0.05) is 166 Å². The highest BCUT2D eigenvalue weighted by molar-refractivity contribution is 6.15. The lowest BCUT2D eigenvalue weighted by atomic mass is 9.59. The van der Waals surface area contributed by atoms with E-state index < -0.39 is 5.41 Å². The highest BCUT2D eigenvalue weighted by atomic mass is 15.0. The van der Waals surface area contributed by atoms with E-state index in [1.807, 2.05) is 0 Å². The standard InChI is InChI=1S/C54H42N2/c1-53(2)32-31-39(35-48(36-17-6-3-7-18-36)55-52(53)37-19-8-4-9-20-37)38-29-30-49-44(34-38)43-24-16-27-47-51(43)56(49)50-28-15-14-26-46(50)54(47)41-22-11-5-10-21-40(33-41)42-23-12-13-25-45(42)54/h3-4,6-30,34-35,52H,5,31-32H2,1-2H3/b21-10-,22-11-,39-35+,55-48?. The number of aliphatic imine (C=N–C) groups is 1. The summed E-state index contributed by atoms with van der Waals surface area (Å²) in [7, 11) is 0. The summed E-state index contributed by atoms with van der Waals surface area (Å²) in [6, 6.07) is 53.9. The quantitative estimate of drug-likeness (QED) is 0.162. The maximum atomic E-state index is 5.60. The zero-order valence-electron chi connectivity index (χ0n) is 31.8. The number of hydrogen-bond acceptors (Lipinski definition) is 1. The summed E-state index contributed by atoms with van der Waals surface area (Å²) in [5.41, 5.74) is 20.7. The number of benzene rings is 6. The highest BCUT2D eigenvalue weighted by Crippen LogP contribution is 2.57. The van der Waals surface area contributed by atoms with Crippen LogP contribution in [0.15, 0.2) is 192 Å². The van der Waals surface area contributed by atoms with Gasteiger partial charge in [0.25, 0.3) is 0 Å². The summed E-state index contributed by atoms with van der Waals surface area (Å²) in [6.07, 6.45) is 14.4. The molecule has 268 valence electrons. The molecule has 1 aromatic heterocycles. The van der Waals surface area contributed by atoms with Gasteiger partial charge in [0, 0.05) is 21.9 Å². The van der Waals surface area contributed by atoms with Crippen molar-refractivity contribution in [2.24, 2.45) is 10.4 Å². The van der Waals surface area contributed by atoms with Crippen molar-refractivity contribution < 1.29 is 0 Å². The molecule has 7 aromatic rings. The first-order valence-electron chi connectivity index (χ1n) is 20.0. The van der Waals surface area contributed by atoms with Gasteiger partial charge in [0.05, 0.1) is 33.9 Å². The lowest BCUT2D eigenvalue weighted by Gasteiger charge is -2.44. The molecule has 11 rings (SSSR count). The number of fused-ring (bicyclic) bond motifs is 11. The Morgan fingerprint density at radius 1 is 0.661 bits per heavy atom. The van der Waals surface area contributed by atoms with E-state index in [0.29, 0.717) is 0 Å². The molecule has 3 heterocycles. The van der Waals surface area contributed by atoms with E-state index in [0.717, 1.165) is 36.1 Å². The van der Waals surface area contributed by atoms with Crippen molar-refractivity contribution in [1.29, 1.82) is 0 Å². The molecule has 56 heavy (non-hydrogen) atoms. The normalized spacial score (nSPS) is 22.6. The first kappa shape index (κ1) is 32.9. The van der Waals surface area contributed by atoms with E-state index in [1.165, 1.54) is 72.0 Å². The fourth-order valence-electron chi connectivity index (χ4n) is 10.1. The maximum absolute atomic E-state index is 5.60. The molecule has 2 nitrogen and oxygen atoms in total. The van der Waals surface area contributed by atoms with Gasteiger partial charge in [0.2, 0.25) is 0 Å². The van der Waals surface area contributed by atoms with Crippen LogP contribution < -0.4 is 0 Å². The second-order valence-electron chi connectivity index (χ2n) is 16.4. The molecule has 1 spiro atoms. The van der Waals surface area contributed by atoms with Gasteiger partial charge < -0.3 is 4.57 Å². The second-order valence-corrected chi connectivity index (χ2v) is 16.4. The molecule has 2 bridgehead atoms. The Kier molecular flexibility index (Phi) is 7.37. The number of aromatic nitrogens is 1. The van der Waals surface area contributed by atoms with Gasteiger partial charge in [-0.25, -0.2) is 0 Å². The van der Waals surface area contributed by atoms with Crippen molar-refractivity contribution in [2.45, 2.75) is 44.6 Å². The number of rotatable bonds is 3. The highest BCUT2D eigenvalue weighted by Gasteiger charge is 2.48. The number of nitrogens with zero attached hydrogens (tertiary/aromatic N) is 2. The molecule has 0 amide bonds. The smallest absolute Gasteiger partial charge is 0.0820 e. The Balaban J connectivity index is 1.16. The summed E-state index contributed by atoms with van der Waals surface area (Å²) in [5.74, 6) is 0. The van der Waals surface area contributed by atoms with Gasteiger partial charge in [-0.3, -0.25) is 4.99 Å². The molecule has 0 saturated carbocycles. The van der Waals surface area contributed by atoms with Crippen LogP contribution in [-0.2, 0) is 5.41 Å². The van der Waals surface area contributed by atoms with E-state index in [-0.39, 0.29) is 11.5 Å². The summed E-state index contributed by atoms with van der Waals surface area (Å²) < 4.78 is 2.54. The van der Waals surface area contributed by atoms with Gasteiger partial charge in [-0.2, -0.15) is 0 Å². The summed E-state index contributed by atoms with van der Waals surface area (Å²) in [6.45, 7) is 4.78. The van der Waals surface area contributed by atoms with Crippen molar-refractivity contribution in [1.82, 2.24) is 4.57 Å². The number of allylic oxidation sites excluding steroid dienone is 7. The van der Waals surface area contributed by atoms with Gasteiger partial charge in [0.1, 0.15) is 0 Å². The topological polar surface area (TPSA) is 17.3 Å². The Morgan fingerprint density at radius 2 is 1.39 bits per heavy atom. The molecule has 4 aliphatic rings. The van der Waals surface area contributed by atoms with Crippen molar-refractivity contribution in [3.8, 4) is 5.69 Å². The first-order valence-corrected chi connectivity index (χ1v) is 20.0. The minimum absolute atomic E-state index is 0.0484. The minimum Gasteiger partial charge on any atom is -0.309 e. The monoisotopic (exact) mass is 718 g/mol. The van der Waals surface area contributed by atoms with Crippen LogP contribution in [-0.4, -0.2) is 10.3 Å². The Morgan fingerprint density at radius 3 is 2.25 bits per heavy atom. The van der Waals surface area contributed by atoms with Crippen LogP contribution >= 0.6 is 0 Å². The van der Waals surface area contributed by atoms with E-state index in [4.69, 9.17) is 4.99 Å². The SMILES string of the molecule is CC1(C)CC/C(c2ccc3c(c2)c2cccc4c2n3-c2ccccc2C42C3=C=C(/C=C\C/C=C\3)c3ccccc32)=C\C(c2ccccc2)=NC1c1ccccc1. The van der Waals surface area contributed by atoms with Crippen LogP contribution in [0.1, 0.15) is 78.1 Å². The molecule has 2 unspecified atom stereocenters. The summed E-state index contributed by atoms with van der Waals surface area (Å²) >= 11 is 0. The maximum Gasteiger partial charge on any atom is 0.0820 e. The largest absolute Gasteiger partial charge is 0.309 e. The zero-order valence-corrected chi connectivity index (χ0v) is 31.8. The summed E-state index contributed by atoms with van der Waals surface area (Å²) in [4.78, 5) is 5.60. The first-order chi connectivity index (χ1) is 27.5. The second kappa shape index (κ2) is 12.5. The molecule has 2 aliphatic heterocycles. The Hall–Kier alpha value is -6.47. The van der Waals surface area contributed by atoms with Crippen molar-refractivity contribution >= 4 is 38.7 Å². The lowest BCUT2D eigenvalue weighted by molar-refractivity contribution is 0.271. The average Bonchev–Trinajstić information content (AvgIpc) is 3.56. The average molecular weight is 719 g/mol. The van der Waals surface area contributed by atoms with E-state index >= 15 is 0 Å². The van der Waals surface area contributed by atoms with Gasteiger partial charge in [-0.15, -0.1) is 5.73 Å². The van der Waals surface area contributed by atoms with Gasteiger partial charge >= 0.3 is 0 Å². The third-order valence-corrected chi connectivity index (χ3v) is 12.8. The third-order valence-electron chi connectivity index (χ3n) is 12.8. The molecule has 0 fully saturated rings. The van der Waals surface area contributed by atoms with Crippen molar-refractivity contribution in [3.05, 3.63) is 226 Å². The zero-order chi connectivity index (χ0) is 37.4. The predicted octanol–water partition coefficient (Wildman–Crippen LogP) is 13.3. The molecule has 0 saturated heterocycles. The molecular weight excluding hydrogens is 677 g/mol. The molecule has 0 N–H and O–H groups in total. The molecule has 2 atom stereocenters. The van der Waals surface area contributed by atoms with Crippen LogP contribution in [0.2, 0.25) is 0 Å². The van der Waals surface area contributed by atoms with E-state index in [1.54, 1.807) is 0 Å². The molecule has 0 radical (unpaired) electrons. The van der Waals surface area contributed by atoms with Gasteiger partial charge in [-0.05, 0) is 93.5 Å². The third kappa shape index (κ3) is 4.79. The van der Waals surface area contributed by atoms with Crippen LogP contribution in [0.4, 0.5) is 0 Å². The lowest BCUT2D eigenvalue weighted by Crippen LogP contribution is -2.37. The van der Waals surface area contributed by atoms with Crippen LogP contribution in [0.5, 0.6) is 0 Å². The van der Waals surface area contributed by atoms with Crippen molar-refractivity contribution in [2.75, 3.05) is 0 Å². The minimum atomic E-state index is -0.505. The fourth-order valence-corrected chi connectivity index (χ4v) is 10.1. The van der Waals surface area contributed by atoms with E-state index in [9.17, 15) is 0 Å². The predicted molar refractivity (Wildman–Crippen MR) is 234 cm³/mol. The van der Waals surface area contributed by atoms with E-state index in [2.05, 4.69) is 200 Å². The molecule has 2 heteroatoms.